The molecule has 0 aromatic carbocycles. The molecule has 0 saturated carbocycles. The Bertz CT molecular complexity index is 655. The van der Waals surface area contributed by atoms with E-state index in [9.17, 15) is 8.42 Å². The molecule has 0 radical (unpaired) electrons. The minimum atomic E-state index is -3.67. The van der Waals surface area contributed by atoms with Gasteiger partial charge >= 0.3 is 0 Å². The predicted octanol–water partition coefficient (Wildman–Crippen LogP) is 11.0. The maximum Gasteiger partial charge on any atom is 0.261 e. The fraction of sp³-hybridized carbons (Fsp3) is 1.00. The molecule has 2 fully saturated rings. The lowest BCUT2D eigenvalue weighted by molar-refractivity contribution is -0.202. The minimum Gasteiger partial charge on any atom is -0.375 e. The molecule has 0 aromatic rings. The monoisotopic (exact) mass is 647 g/mol. The van der Waals surface area contributed by atoms with Crippen LogP contribution < -0.4 is 0 Å². The number of hydrogen-bond donors (Lipinski definition) is 1. The Morgan fingerprint density at radius 2 is 0.773 bits per heavy atom. The molecule has 6 nitrogen and oxygen atoms in total. The van der Waals surface area contributed by atoms with Crippen LogP contribution in [0, 0.1) is 0 Å². The van der Waals surface area contributed by atoms with Crippen LogP contribution in [0.5, 0.6) is 0 Å². The van der Waals surface area contributed by atoms with Crippen LogP contribution in [0.3, 0.4) is 0 Å². The molecule has 2 aliphatic rings. The van der Waals surface area contributed by atoms with Crippen LogP contribution in [-0.2, 0) is 24.3 Å². The van der Waals surface area contributed by atoms with E-state index in [-0.39, 0.29) is 12.2 Å². The Morgan fingerprint density at radius 3 is 0.977 bits per heavy atom. The molecule has 2 rings (SSSR count). The van der Waals surface area contributed by atoms with E-state index in [1.165, 1.54) is 180 Å². The van der Waals surface area contributed by atoms with Gasteiger partial charge in [0.05, 0.1) is 30.7 Å². The highest BCUT2D eigenvalue weighted by atomic mass is 32.2. The first-order valence-corrected chi connectivity index (χ1v) is 21.0. The Hall–Kier alpha value is -0.210. The van der Waals surface area contributed by atoms with Gasteiger partial charge in [-0.15, -0.1) is 0 Å². The molecular formula is C37H74O6S. The quantitative estimate of drug-likeness (QED) is 0.0617. The Balaban J connectivity index is 0.00000178. The van der Waals surface area contributed by atoms with Crippen LogP contribution in [0.4, 0.5) is 0 Å². The first kappa shape index (κ1) is 41.8. The van der Waals surface area contributed by atoms with Crippen molar-refractivity contribution in [1.29, 1.82) is 0 Å². The fourth-order valence-corrected chi connectivity index (χ4v) is 6.37. The summed E-state index contributed by atoms with van der Waals surface area (Å²) >= 11 is 0. The smallest absolute Gasteiger partial charge is 0.261 e. The maximum atomic E-state index is 9.19. The topological polar surface area (TPSA) is 82.1 Å². The van der Waals surface area contributed by atoms with E-state index >= 15 is 0 Å². The van der Waals surface area contributed by atoms with Crippen molar-refractivity contribution in [3.8, 4) is 0 Å². The zero-order valence-corrected chi connectivity index (χ0v) is 30.2. The summed E-state index contributed by atoms with van der Waals surface area (Å²) in [6.07, 6.45) is 40.4. The largest absolute Gasteiger partial charge is 0.375 e. The summed E-state index contributed by atoms with van der Waals surface area (Å²) in [4.78, 5) is 0. The molecule has 0 aromatic heterocycles. The number of ether oxygens (including phenoxy) is 3. The molecule has 1 N–H and O–H groups in total. The van der Waals surface area contributed by atoms with Crippen LogP contribution >= 0.6 is 0 Å². The summed E-state index contributed by atoms with van der Waals surface area (Å²) in [6, 6.07) is 0. The third-order valence-corrected chi connectivity index (χ3v) is 9.33. The van der Waals surface area contributed by atoms with Crippen molar-refractivity contribution in [3.05, 3.63) is 0 Å². The van der Waals surface area contributed by atoms with Gasteiger partial charge in [0.2, 0.25) is 0 Å². The third kappa shape index (κ3) is 25.9. The molecule has 264 valence electrons. The van der Waals surface area contributed by atoms with Gasteiger partial charge in [0.15, 0.2) is 0 Å². The lowest BCUT2D eigenvalue weighted by Gasteiger charge is -2.40. The van der Waals surface area contributed by atoms with Crippen LogP contribution in [0.25, 0.3) is 0 Å². The van der Waals surface area contributed by atoms with Crippen LogP contribution in [0.1, 0.15) is 194 Å². The molecule has 0 bridgehead atoms. The predicted molar refractivity (Wildman–Crippen MR) is 186 cm³/mol. The van der Waals surface area contributed by atoms with Crippen molar-refractivity contribution in [2.24, 2.45) is 0 Å². The summed E-state index contributed by atoms with van der Waals surface area (Å²) in [7, 11) is -3.67. The molecular weight excluding hydrogens is 572 g/mol. The molecule has 0 spiro atoms. The van der Waals surface area contributed by atoms with Crippen molar-refractivity contribution >= 4 is 10.1 Å². The molecule has 4 atom stereocenters. The third-order valence-electron chi connectivity index (χ3n) is 9.33. The fourth-order valence-electron chi connectivity index (χ4n) is 6.37. The van der Waals surface area contributed by atoms with Crippen molar-refractivity contribution < 1.29 is 27.2 Å². The average Bonchev–Trinajstić information content (AvgIpc) is 2.91. The summed E-state index contributed by atoms with van der Waals surface area (Å²) in [5.41, 5.74) is 0. The molecule has 2 heterocycles. The van der Waals surface area contributed by atoms with E-state index in [4.69, 9.17) is 18.8 Å². The van der Waals surface area contributed by atoms with Gasteiger partial charge in [-0.1, -0.05) is 168 Å². The second kappa shape index (κ2) is 29.0. The molecule has 7 heteroatoms. The summed E-state index contributed by atoms with van der Waals surface area (Å²) in [5.74, 6) is 0. The molecule has 0 aliphatic carbocycles. The summed E-state index contributed by atoms with van der Waals surface area (Å²) in [5, 5.41) is 0. The highest BCUT2D eigenvalue weighted by Crippen LogP contribution is 2.29. The lowest BCUT2D eigenvalue weighted by Crippen LogP contribution is -2.47. The summed E-state index contributed by atoms with van der Waals surface area (Å²) < 4.78 is 44.5. The van der Waals surface area contributed by atoms with Gasteiger partial charge in [0, 0.05) is 13.2 Å². The van der Waals surface area contributed by atoms with E-state index in [0.717, 1.165) is 13.2 Å². The number of unbranched alkanes of at least 4 members (excludes halogenated alkanes) is 22. The highest BCUT2D eigenvalue weighted by molar-refractivity contribution is 7.85. The summed E-state index contributed by atoms with van der Waals surface area (Å²) in [6.45, 7) is 6.45. The Kier molecular flexibility index (Phi) is 27.5. The maximum absolute atomic E-state index is 9.19. The standard InChI is InChI=1S/C36H70O3.CH4O3S/c1-3-5-7-9-11-13-15-17-19-21-23-25-27-35(33-29-31-37-33)39-36(34-30-32-38-34)28-26-24-22-20-18-16-14-12-10-8-6-4-2;1-5(2,3)4/h33-36H,3-32H2,1-2H3;1H3,(H,2,3,4). The Morgan fingerprint density at radius 1 is 0.545 bits per heavy atom. The van der Waals surface area contributed by atoms with E-state index < -0.39 is 10.1 Å². The second-order valence-corrected chi connectivity index (χ2v) is 15.2. The van der Waals surface area contributed by atoms with Gasteiger partial charge < -0.3 is 14.2 Å². The normalized spacial score (nSPS) is 19.5. The highest BCUT2D eigenvalue weighted by Gasteiger charge is 2.35. The Labute approximate surface area is 274 Å². The SMILES string of the molecule is CCCCCCCCCCCCCCC(OC(CCCCCCCCCCCCCC)C1CCO1)C1CCO1.CS(=O)(=O)O. The zero-order chi connectivity index (χ0) is 32.1. The van der Waals surface area contributed by atoms with Gasteiger partial charge in [-0.2, -0.15) is 8.42 Å². The van der Waals surface area contributed by atoms with Gasteiger partial charge in [-0.05, 0) is 25.7 Å². The van der Waals surface area contributed by atoms with Crippen LogP contribution in [0.15, 0.2) is 0 Å². The molecule has 0 amide bonds. The van der Waals surface area contributed by atoms with E-state index in [0.29, 0.717) is 18.5 Å². The zero-order valence-electron chi connectivity index (χ0n) is 29.4. The van der Waals surface area contributed by atoms with E-state index in [1.54, 1.807) is 0 Å². The van der Waals surface area contributed by atoms with Crippen molar-refractivity contribution in [2.45, 2.75) is 218 Å². The van der Waals surface area contributed by atoms with Gasteiger partial charge in [-0.25, -0.2) is 0 Å². The minimum absolute atomic E-state index is 0.286. The van der Waals surface area contributed by atoms with Crippen LogP contribution in [-0.4, -0.2) is 56.9 Å². The van der Waals surface area contributed by atoms with Gasteiger partial charge in [-0.3, -0.25) is 4.55 Å². The number of hydrogen-bond acceptors (Lipinski definition) is 5. The van der Waals surface area contributed by atoms with E-state index in [1.807, 2.05) is 0 Å². The van der Waals surface area contributed by atoms with Crippen molar-refractivity contribution in [1.82, 2.24) is 0 Å². The lowest BCUT2D eigenvalue weighted by atomic mass is 9.96. The van der Waals surface area contributed by atoms with Crippen LogP contribution in [0.2, 0.25) is 0 Å². The van der Waals surface area contributed by atoms with Crippen molar-refractivity contribution in [3.63, 3.8) is 0 Å². The molecule has 2 saturated heterocycles. The average molecular weight is 647 g/mol. The first-order valence-electron chi connectivity index (χ1n) is 19.2. The molecule has 2 aliphatic heterocycles. The van der Waals surface area contributed by atoms with E-state index in [2.05, 4.69) is 13.8 Å². The van der Waals surface area contributed by atoms with Gasteiger partial charge in [0.25, 0.3) is 10.1 Å². The first-order chi connectivity index (χ1) is 21.3. The molecule has 4 unspecified atom stereocenters. The van der Waals surface area contributed by atoms with Crippen molar-refractivity contribution in [2.75, 3.05) is 19.5 Å². The second-order valence-electron chi connectivity index (χ2n) is 13.7. The molecule has 44 heavy (non-hydrogen) atoms. The number of rotatable bonds is 30. The van der Waals surface area contributed by atoms with Gasteiger partial charge in [0.1, 0.15) is 0 Å².